The van der Waals surface area contributed by atoms with Crippen LogP contribution < -0.4 is 10.6 Å². The van der Waals surface area contributed by atoms with Gasteiger partial charge >= 0.3 is 0 Å². The average Bonchev–Trinajstić information content (AvgIpc) is 3.18. The lowest BCUT2D eigenvalue weighted by atomic mass is 9.81. The molecule has 0 aliphatic carbocycles. The van der Waals surface area contributed by atoms with Crippen LogP contribution in [0.1, 0.15) is 60.0 Å². The van der Waals surface area contributed by atoms with Gasteiger partial charge in [-0.25, -0.2) is 4.98 Å². The summed E-state index contributed by atoms with van der Waals surface area (Å²) in [5.74, 6) is 0.899. The highest BCUT2D eigenvalue weighted by molar-refractivity contribution is 6.03. The fourth-order valence-electron chi connectivity index (χ4n) is 5.54. The van der Waals surface area contributed by atoms with Crippen molar-refractivity contribution in [1.82, 2.24) is 9.38 Å². The number of para-hydroxylation sites is 2. The van der Waals surface area contributed by atoms with Crippen LogP contribution in [0, 0.1) is 12.3 Å². The second-order valence-electron chi connectivity index (χ2n) is 9.70. The number of piperidine rings is 1. The summed E-state index contributed by atoms with van der Waals surface area (Å²) in [5.41, 5.74) is 11.1. The van der Waals surface area contributed by atoms with Crippen molar-refractivity contribution in [2.45, 2.75) is 45.4 Å². The summed E-state index contributed by atoms with van der Waals surface area (Å²) >= 11 is 0. The van der Waals surface area contributed by atoms with Crippen LogP contribution in [0.15, 0.2) is 24.3 Å². The fraction of sp³-hybridized carbons (Fsp3) is 0.520. The van der Waals surface area contributed by atoms with Crippen LogP contribution in [-0.4, -0.2) is 53.3 Å². The van der Waals surface area contributed by atoms with Gasteiger partial charge in [-0.1, -0.05) is 19.1 Å². The van der Waals surface area contributed by atoms with Crippen LogP contribution in [0.25, 0.3) is 16.7 Å². The fourth-order valence-corrected chi connectivity index (χ4v) is 5.54. The molecular weight excluding hydrogens is 404 g/mol. The lowest BCUT2D eigenvalue weighted by molar-refractivity contribution is 0.0844. The number of aromatic nitrogens is 2. The molecule has 3 aromatic rings. The molecule has 32 heavy (non-hydrogen) atoms. The van der Waals surface area contributed by atoms with E-state index in [1.165, 1.54) is 0 Å². The van der Waals surface area contributed by atoms with Gasteiger partial charge in [-0.3, -0.25) is 9.20 Å². The minimum absolute atomic E-state index is 0.0444. The number of ether oxygens (including phenoxy) is 1. The van der Waals surface area contributed by atoms with Crippen molar-refractivity contribution < 1.29 is 14.6 Å². The minimum atomic E-state index is -0.423. The van der Waals surface area contributed by atoms with E-state index in [-0.39, 0.29) is 17.9 Å². The van der Waals surface area contributed by atoms with Gasteiger partial charge in [0.2, 0.25) is 0 Å². The highest BCUT2D eigenvalue weighted by Crippen LogP contribution is 2.41. The Kier molecular flexibility index (Phi) is 5.34. The Morgan fingerprint density at radius 1 is 1.25 bits per heavy atom. The molecule has 0 saturated carbocycles. The summed E-state index contributed by atoms with van der Waals surface area (Å²) in [6.45, 7) is 7.57. The molecule has 2 aliphatic rings. The summed E-state index contributed by atoms with van der Waals surface area (Å²) in [7, 11) is 0. The van der Waals surface area contributed by atoms with Crippen LogP contribution in [0.2, 0.25) is 0 Å². The van der Waals surface area contributed by atoms with Gasteiger partial charge in [0.1, 0.15) is 5.82 Å². The zero-order valence-electron chi connectivity index (χ0n) is 18.9. The van der Waals surface area contributed by atoms with Crippen LogP contribution >= 0.6 is 0 Å². The summed E-state index contributed by atoms with van der Waals surface area (Å²) in [4.78, 5) is 20.1. The van der Waals surface area contributed by atoms with E-state index < -0.39 is 5.91 Å². The molecule has 1 aromatic carbocycles. The van der Waals surface area contributed by atoms with Gasteiger partial charge in [0.05, 0.1) is 16.6 Å². The Bertz CT molecular complexity index is 1170. The van der Waals surface area contributed by atoms with Crippen molar-refractivity contribution in [3.8, 4) is 0 Å². The number of nitrogens with zero attached hydrogens (tertiary/aromatic N) is 3. The van der Waals surface area contributed by atoms with Crippen molar-refractivity contribution >= 4 is 28.4 Å². The van der Waals surface area contributed by atoms with E-state index in [2.05, 4.69) is 29.2 Å². The van der Waals surface area contributed by atoms with Crippen LogP contribution in [0.4, 0.5) is 5.82 Å². The molecule has 0 spiro atoms. The summed E-state index contributed by atoms with van der Waals surface area (Å²) in [5, 5.41) is 9.86. The first-order chi connectivity index (χ1) is 15.4. The molecule has 2 fully saturated rings. The molecule has 2 aromatic heterocycles. The number of carbonyl (C=O) groups excluding carboxylic acids is 1. The van der Waals surface area contributed by atoms with Gasteiger partial charge in [-0.15, -0.1) is 0 Å². The SMILES string of the molecule is Cc1c(C2CCOCC2)c(C(N)=O)c2nc3ccccc3n2c1N1CCC(C)(CO)CC1. The van der Waals surface area contributed by atoms with Crippen LogP contribution in [0.5, 0.6) is 0 Å². The first kappa shape index (κ1) is 21.2. The Morgan fingerprint density at radius 3 is 2.59 bits per heavy atom. The third-order valence-electron chi connectivity index (χ3n) is 7.53. The second kappa shape index (κ2) is 8.05. The first-order valence-corrected chi connectivity index (χ1v) is 11.6. The number of primary amides is 1. The number of anilines is 1. The molecule has 3 N–H and O–H groups in total. The van der Waals surface area contributed by atoms with Gasteiger partial charge in [0, 0.05) is 32.9 Å². The van der Waals surface area contributed by atoms with Gasteiger partial charge in [0.15, 0.2) is 5.65 Å². The molecule has 0 atom stereocenters. The van der Waals surface area contributed by atoms with Gasteiger partial charge in [-0.2, -0.15) is 0 Å². The largest absolute Gasteiger partial charge is 0.396 e. The van der Waals surface area contributed by atoms with Crippen LogP contribution in [-0.2, 0) is 4.74 Å². The Labute approximate surface area is 188 Å². The maximum Gasteiger partial charge on any atom is 0.252 e. The maximum atomic E-state index is 12.8. The maximum absolute atomic E-state index is 12.8. The van der Waals surface area contributed by atoms with Crippen molar-refractivity contribution in [3.63, 3.8) is 0 Å². The number of fused-ring (bicyclic) bond motifs is 3. The van der Waals surface area contributed by atoms with E-state index >= 15 is 0 Å². The number of carbonyl (C=O) groups is 1. The minimum Gasteiger partial charge on any atom is -0.396 e. The first-order valence-electron chi connectivity index (χ1n) is 11.6. The summed E-state index contributed by atoms with van der Waals surface area (Å²) in [6, 6.07) is 8.02. The normalized spacial score (nSPS) is 19.7. The Morgan fingerprint density at radius 2 is 1.94 bits per heavy atom. The number of imidazole rings is 1. The molecule has 7 heteroatoms. The average molecular weight is 437 g/mol. The van der Waals surface area contributed by atoms with Gasteiger partial charge in [0.25, 0.3) is 5.91 Å². The molecule has 170 valence electrons. The molecule has 0 radical (unpaired) electrons. The number of rotatable bonds is 4. The third kappa shape index (κ3) is 3.35. The lowest BCUT2D eigenvalue weighted by Crippen LogP contribution is -2.41. The molecule has 7 nitrogen and oxygen atoms in total. The quantitative estimate of drug-likeness (QED) is 0.654. The molecule has 4 heterocycles. The smallest absolute Gasteiger partial charge is 0.252 e. The third-order valence-corrected chi connectivity index (χ3v) is 7.53. The van der Waals surface area contributed by atoms with E-state index in [1.54, 1.807) is 0 Å². The van der Waals surface area contributed by atoms with E-state index in [9.17, 15) is 9.90 Å². The van der Waals surface area contributed by atoms with Crippen molar-refractivity contribution in [1.29, 1.82) is 0 Å². The standard InChI is InChI=1S/C25H32N4O3/c1-16-20(17-7-13-32-14-8-17)21(22(26)31)23-27-18-5-3-4-6-19(18)29(23)24(16)28-11-9-25(2,15-30)10-12-28/h3-6,17,30H,7-15H2,1-2H3,(H2,26,31). The Hall–Kier alpha value is -2.64. The van der Waals surface area contributed by atoms with Crippen molar-refractivity contribution in [2.24, 2.45) is 11.1 Å². The van der Waals surface area contributed by atoms with Gasteiger partial charge < -0.3 is 20.5 Å². The molecule has 1 amide bonds. The Balaban J connectivity index is 1.79. The highest BCUT2D eigenvalue weighted by atomic mass is 16.5. The van der Waals surface area contributed by atoms with Gasteiger partial charge in [-0.05, 0) is 67.2 Å². The topological polar surface area (TPSA) is 93.1 Å². The number of benzene rings is 1. The number of aliphatic hydroxyl groups excluding tert-OH is 1. The van der Waals surface area contributed by atoms with Crippen molar-refractivity contribution in [2.75, 3.05) is 37.8 Å². The lowest BCUT2D eigenvalue weighted by Gasteiger charge is -2.41. The number of pyridine rings is 1. The molecule has 0 unspecified atom stereocenters. The summed E-state index contributed by atoms with van der Waals surface area (Å²) < 4.78 is 7.74. The van der Waals surface area contributed by atoms with E-state index in [0.29, 0.717) is 24.4 Å². The van der Waals surface area contributed by atoms with E-state index in [1.807, 2.05) is 18.2 Å². The molecule has 2 saturated heterocycles. The number of hydrogen-bond donors (Lipinski definition) is 2. The molecule has 5 rings (SSSR count). The van der Waals surface area contributed by atoms with Crippen LogP contribution in [0.3, 0.4) is 0 Å². The number of hydrogen-bond acceptors (Lipinski definition) is 5. The zero-order chi connectivity index (χ0) is 22.5. The number of aliphatic hydroxyl groups is 1. The summed E-state index contributed by atoms with van der Waals surface area (Å²) in [6.07, 6.45) is 3.58. The predicted molar refractivity (Wildman–Crippen MR) is 125 cm³/mol. The molecular formula is C25H32N4O3. The van der Waals surface area contributed by atoms with Crippen molar-refractivity contribution in [3.05, 3.63) is 41.0 Å². The monoisotopic (exact) mass is 436 g/mol. The molecule has 0 bridgehead atoms. The zero-order valence-corrected chi connectivity index (χ0v) is 18.9. The second-order valence-corrected chi connectivity index (χ2v) is 9.70. The highest BCUT2D eigenvalue weighted by Gasteiger charge is 2.34. The number of amides is 1. The number of nitrogens with two attached hydrogens (primary N) is 1. The molecule has 2 aliphatic heterocycles. The van der Waals surface area contributed by atoms with E-state index in [0.717, 1.165) is 66.8 Å². The predicted octanol–water partition coefficient (Wildman–Crippen LogP) is 3.39. The van der Waals surface area contributed by atoms with E-state index in [4.69, 9.17) is 15.5 Å².